The molecule has 7 heteroatoms. The van der Waals surface area contributed by atoms with E-state index in [1.165, 1.54) is 6.07 Å². The third kappa shape index (κ3) is 7.96. The molecular formula is C24H38O7. The molecule has 0 aliphatic heterocycles. The molecule has 176 valence electrons. The standard InChI is InChI=1S/C24H38O7/c1-23(2,21(28)29)13-9-6-5-7-11-16-15-18(25)17(20(27)19(16)26)12-8-10-14-24(3,4)22(30)31/h15,25-27H,5-14H2,1-4H3,(H,28,29)(H,30,31). The lowest BCUT2D eigenvalue weighted by Gasteiger charge is -2.19. The maximum atomic E-state index is 11.2. The summed E-state index contributed by atoms with van der Waals surface area (Å²) in [6.07, 6.45) is 6.44. The minimum Gasteiger partial charge on any atom is -0.508 e. The van der Waals surface area contributed by atoms with E-state index >= 15 is 0 Å². The quantitative estimate of drug-likeness (QED) is 0.152. The van der Waals surface area contributed by atoms with Gasteiger partial charge in [-0.1, -0.05) is 25.7 Å². The van der Waals surface area contributed by atoms with Gasteiger partial charge < -0.3 is 25.5 Å². The molecule has 1 rings (SSSR count). The van der Waals surface area contributed by atoms with E-state index in [1.54, 1.807) is 27.7 Å². The zero-order valence-electron chi connectivity index (χ0n) is 19.2. The Morgan fingerprint density at radius 1 is 0.710 bits per heavy atom. The van der Waals surface area contributed by atoms with Gasteiger partial charge in [0.15, 0.2) is 11.5 Å². The molecule has 0 heterocycles. The van der Waals surface area contributed by atoms with Gasteiger partial charge in [0.1, 0.15) is 5.75 Å². The molecule has 31 heavy (non-hydrogen) atoms. The van der Waals surface area contributed by atoms with E-state index in [1.807, 2.05) is 0 Å². The van der Waals surface area contributed by atoms with Crippen molar-refractivity contribution in [3.8, 4) is 17.2 Å². The van der Waals surface area contributed by atoms with Crippen molar-refractivity contribution in [1.82, 2.24) is 0 Å². The van der Waals surface area contributed by atoms with Gasteiger partial charge in [-0.3, -0.25) is 9.59 Å². The van der Waals surface area contributed by atoms with Gasteiger partial charge in [-0.25, -0.2) is 0 Å². The molecule has 0 fully saturated rings. The molecule has 5 N–H and O–H groups in total. The highest BCUT2D eigenvalue weighted by atomic mass is 16.4. The molecule has 7 nitrogen and oxygen atoms in total. The Morgan fingerprint density at radius 3 is 1.68 bits per heavy atom. The topological polar surface area (TPSA) is 135 Å². The van der Waals surface area contributed by atoms with Gasteiger partial charge in [-0.2, -0.15) is 0 Å². The molecule has 1 aromatic carbocycles. The van der Waals surface area contributed by atoms with Crippen LogP contribution in [0.15, 0.2) is 6.07 Å². The Kier molecular flexibility index (Phi) is 9.66. The van der Waals surface area contributed by atoms with Crippen LogP contribution >= 0.6 is 0 Å². The number of aromatic hydroxyl groups is 3. The normalized spacial score (nSPS) is 12.1. The van der Waals surface area contributed by atoms with E-state index in [2.05, 4.69) is 0 Å². The molecule has 0 atom stereocenters. The summed E-state index contributed by atoms with van der Waals surface area (Å²) in [4.78, 5) is 22.3. The summed E-state index contributed by atoms with van der Waals surface area (Å²) in [7, 11) is 0. The van der Waals surface area contributed by atoms with Gasteiger partial charge in [0.2, 0.25) is 0 Å². The Labute approximate surface area is 184 Å². The van der Waals surface area contributed by atoms with Gasteiger partial charge in [0.05, 0.1) is 10.8 Å². The fourth-order valence-electron chi connectivity index (χ4n) is 3.49. The predicted molar refractivity (Wildman–Crippen MR) is 119 cm³/mol. The van der Waals surface area contributed by atoms with Gasteiger partial charge in [0, 0.05) is 11.1 Å². The first-order valence-electron chi connectivity index (χ1n) is 11.0. The number of phenolic OH excluding ortho intramolecular Hbond substituents is 3. The third-order valence-electron chi connectivity index (χ3n) is 6.07. The molecular weight excluding hydrogens is 400 g/mol. The van der Waals surface area contributed by atoms with Crippen LogP contribution in [0.2, 0.25) is 0 Å². The predicted octanol–water partition coefficient (Wildman–Crippen LogP) is 5.23. The summed E-state index contributed by atoms with van der Waals surface area (Å²) < 4.78 is 0. The van der Waals surface area contributed by atoms with Crippen LogP contribution in [0.3, 0.4) is 0 Å². The van der Waals surface area contributed by atoms with Crippen molar-refractivity contribution in [2.75, 3.05) is 0 Å². The minimum atomic E-state index is -0.856. The fraction of sp³-hybridized carbons (Fsp3) is 0.667. The van der Waals surface area contributed by atoms with E-state index in [4.69, 9.17) is 10.2 Å². The number of unbranched alkanes of at least 4 members (excludes halogenated alkanes) is 4. The SMILES string of the molecule is CC(C)(CCCCCCc1cc(O)c(CCCCC(C)(C)C(=O)O)c(O)c1O)C(=O)O. The monoisotopic (exact) mass is 438 g/mol. The summed E-state index contributed by atoms with van der Waals surface area (Å²) in [5.41, 5.74) is -0.781. The lowest BCUT2D eigenvalue weighted by atomic mass is 9.86. The molecule has 0 saturated carbocycles. The first kappa shape index (κ1) is 26.6. The molecule has 0 aliphatic carbocycles. The van der Waals surface area contributed by atoms with Crippen LogP contribution in [-0.2, 0) is 22.4 Å². The molecule has 1 aromatic rings. The number of carboxylic acid groups (broad SMARTS) is 2. The molecule has 0 saturated heterocycles. The summed E-state index contributed by atoms with van der Waals surface area (Å²) in [5, 5.41) is 49.2. The second-order valence-corrected chi connectivity index (χ2v) is 9.73. The van der Waals surface area contributed by atoms with Crippen molar-refractivity contribution in [2.45, 2.75) is 91.9 Å². The molecule has 0 aromatic heterocycles. The Hall–Kier alpha value is -2.44. The van der Waals surface area contributed by atoms with Gasteiger partial charge in [-0.05, 0) is 72.3 Å². The Balaban J connectivity index is 2.53. The zero-order valence-corrected chi connectivity index (χ0v) is 19.2. The van der Waals surface area contributed by atoms with Crippen LogP contribution in [0.4, 0.5) is 0 Å². The van der Waals surface area contributed by atoms with Crippen LogP contribution < -0.4 is 0 Å². The van der Waals surface area contributed by atoms with Crippen LogP contribution in [0.5, 0.6) is 17.2 Å². The Morgan fingerprint density at radius 2 is 1.16 bits per heavy atom. The Bertz CT molecular complexity index is 766. The molecule has 0 aliphatic rings. The molecule has 0 unspecified atom stereocenters. The number of aliphatic carboxylic acids is 2. The van der Waals surface area contributed by atoms with Crippen molar-refractivity contribution in [2.24, 2.45) is 10.8 Å². The van der Waals surface area contributed by atoms with Crippen LogP contribution in [0.1, 0.15) is 90.2 Å². The van der Waals surface area contributed by atoms with E-state index in [-0.39, 0.29) is 22.8 Å². The number of carbonyl (C=O) groups is 2. The molecule has 0 radical (unpaired) electrons. The number of hydrogen-bond acceptors (Lipinski definition) is 5. The highest BCUT2D eigenvalue weighted by Gasteiger charge is 2.27. The lowest BCUT2D eigenvalue weighted by molar-refractivity contribution is -0.148. The number of hydrogen-bond donors (Lipinski definition) is 5. The van der Waals surface area contributed by atoms with Gasteiger partial charge >= 0.3 is 11.9 Å². The van der Waals surface area contributed by atoms with Crippen molar-refractivity contribution < 1.29 is 35.1 Å². The van der Waals surface area contributed by atoms with E-state index in [9.17, 15) is 24.9 Å². The second kappa shape index (κ2) is 11.3. The summed E-state index contributed by atoms with van der Waals surface area (Å²) in [6.45, 7) is 6.76. The average Bonchev–Trinajstić information content (AvgIpc) is 2.67. The van der Waals surface area contributed by atoms with Crippen LogP contribution in [0, 0.1) is 10.8 Å². The number of aryl methyl sites for hydroxylation is 1. The first-order chi connectivity index (χ1) is 14.3. The number of carboxylic acids is 2. The van der Waals surface area contributed by atoms with Gasteiger partial charge in [0.25, 0.3) is 0 Å². The molecule has 0 bridgehead atoms. The highest BCUT2D eigenvalue weighted by Crippen LogP contribution is 2.40. The zero-order chi connectivity index (χ0) is 23.8. The largest absolute Gasteiger partial charge is 0.508 e. The fourth-order valence-corrected chi connectivity index (χ4v) is 3.49. The van der Waals surface area contributed by atoms with E-state index in [0.717, 1.165) is 25.7 Å². The smallest absolute Gasteiger partial charge is 0.309 e. The van der Waals surface area contributed by atoms with E-state index in [0.29, 0.717) is 44.1 Å². The number of rotatable bonds is 14. The number of benzene rings is 1. The lowest BCUT2D eigenvalue weighted by Crippen LogP contribution is -2.23. The maximum Gasteiger partial charge on any atom is 0.309 e. The first-order valence-corrected chi connectivity index (χ1v) is 11.0. The minimum absolute atomic E-state index is 0.0639. The summed E-state index contributed by atoms with van der Waals surface area (Å²) in [5.74, 6) is -2.24. The maximum absolute atomic E-state index is 11.2. The van der Waals surface area contributed by atoms with Crippen molar-refractivity contribution >= 4 is 11.9 Å². The van der Waals surface area contributed by atoms with Crippen LogP contribution in [-0.4, -0.2) is 37.5 Å². The molecule has 0 spiro atoms. The van der Waals surface area contributed by atoms with E-state index < -0.39 is 22.8 Å². The van der Waals surface area contributed by atoms with Crippen LogP contribution in [0.25, 0.3) is 0 Å². The molecule has 0 amide bonds. The van der Waals surface area contributed by atoms with Crippen molar-refractivity contribution in [1.29, 1.82) is 0 Å². The second-order valence-electron chi connectivity index (χ2n) is 9.73. The third-order valence-corrected chi connectivity index (χ3v) is 6.07. The summed E-state index contributed by atoms with van der Waals surface area (Å²) in [6, 6.07) is 1.49. The number of phenols is 3. The van der Waals surface area contributed by atoms with Crippen molar-refractivity contribution in [3.05, 3.63) is 17.2 Å². The van der Waals surface area contributed by atoms with Crippen molar-refractivity contribution in [3.63, 3.8) is 0 Å². The highest BCUT2D eigenvalue weighted by molar-refractivity contribution is 5.73. The van der Waals surface area contributed by atoms with Gasteiger partial charge in [-0.15, -0.1) is 0 Å². The average molecular weight is 439 g/mol. The summed E-state index contributed by atoms with van der Waals surface area (Å²) >= 11 is 0.